The molecule has 2 aromatic rings. The first-order valence-corrected chi connectivity index (χ1v) is 9.07. The van der Waals surface area contributed by atoms with Crippen LogP contribution in [0.4, 0.5) is 0 Å². The van der Waals surface area contributed by atoms with Gasteiger partial charge in [0.25, 0.3) is 0 Å². The zero-order valence-electron chi connectivity index (χ0n) is 14.6. The number of rotatable bonds is 3. The normalized spacial score (nSPS) is 22.9. The van der Waals surface area contributed by atoms with E-state index >= 15 is 0 Å². The van der Waals surface area contributed by atoms with Gasteiger partial charge in [0, 0.05) is 23.8 Å². The van der Waals surface area contributed by atoms with Gasteiger partial charge in [-0.3, -0.25) is 0 Å². The third-order valence-electron chi connectivity index (χ3n) is 5.39. The van der Waals surface area contributed by atoms with Crippen molar-refractivity contribution in [3.05, 3.63) is 46.8 Å². The van der Waals surface area contributed by atoms with Crippen molar-refractivity contribution in [1.82, 2.24) is 9.78 Å². The minimum Gasteiger partial charge on any atom is -0.495 e. The van der Waals surface area contributed by atoms with Gasteiger partial charge in [0.15, 0.2) is 0 Å². The third kappa shape index (κ3) is 2.91. The maximum atomic E-state index is 9.20. The van der Waals surface area contributed by atoms with Gasteiger partial charge in [0.1, 0.15) is 18.0 Å². The van der Waals surface area contributed by atoms with Crippen molar-refractivity contribution in [1.29, 1.82) is 5.26 Å². The molecular weight excluding hydrogens is 314 g/mol. The quantitative estimate of drug-likeness (QED) is 0.851. The van der Waals surface area contributed by atoms with Crippen LogP contribution in [0.3, 0.4) is 0 Å². The van der Waals surface area contributed by atoms with E-state index in [1.165, 1.54) is 23.2 Å². The number of benzene rings is 1. The number of nitrogens with zero attached hydrogens (tertiary/aromatic N) is 3. The summed E-state index contributed by atoms with van der Waals surface area (Å²) in [7, 11) is 1.62. The number of hydrogen-bond acceptors (Lipinski definition) is 4. The van der Waals surface area contributed by atoms with Gasteiger partial charge in [-0.25, -0.2) is 4.68 Å². The molecule has 2 heterocycles. The van der Waals surface area contributed by atoms with E-state index in [2.05, 4.69) is 21.9 Å². The Morgan fingerprint density at radius 3 is 2.96 bits per heavy atom. The van der Waals surface area contributed by atoms with E-state index in [4.69, 9.17) is 9.47 Å². The molecule has 1 aromatic heterocycles. The fraction of sp³-hybridized carbons (Fsp3) is 0.500. The van der Waals surface area contributed by atoms with E-state index in [0.29, 0.717) is 17.2 Å². The maximum absolute atomic E-state index is 9.20. The van der Waals surface area contributed by atoms with Crippen LogP contribution in [0.5, 0.6) is 5.75 Å². The Morgan fingerprint density at radius 2 is 2.20 bits per heavy atom. The Kier molecular flexibility index (Phi) is 4.46. The predicted molar refractivity (Wildman–Crippen MR) is 93.6 cm³/mol. The van der Waals surface area contributed by atoms with Crippen molar-refractivity contribution >= 4 is 0 Å². The minimum atomic E-state index is 0.0896. The summed E-state index contributed by atoms with van der Waals surface area (Å²) in [5.41, 5.74) is 4.38. The molecule has 2 unspecified atom stereocenters. The molecule has 1 saturated heterocycles. The standard InChI is InChI=1S/C20H23N3O2/c1-24-19-11-14(8-9-15(19)12-21)16-5-4-6-18-17(16)13-22-23(18)20-7-2-3-10-25-20/h8-9,11,13,16,20H,2-7,10H2,1H3. The average Bonchev–Trinajstić information content (AvgIpc) is 3.12. The summed E-state index contributed by atoms with van der Waals surface area (Å²) in [5, 5.41) is 13.9. The molecule has 0 spiro atoms. The molecule has 1 aliphatic heterocycles. The Bertz CT molecular complexity index is 800. The predicted octanol–water partition coefficient (Wildman–Crippen LogP) is 3.93. The van der Waals surface area contributed by atoms with E-state index in [1.807, 2.05) is 18.3 Å². The van der Waals surface area contributed by atoms with Gasteiger partial charge >= 0.3 is 0 Å². The number of methoxy groups -OCH3 is 1. The molecule has 0 bridgehead atoms. The van der Waals surface area contributed by atoms with E-state index < -0.39 is 0 Å². The second-order valence-electron chi connectivity index (χ2n) is 6.83. The highest BCUT2D eigenvalue weighted by Crippen LogP contribution is 2.39. The number of hydrogen-bond donors (Lipinski definition) is 0. The first kappa shape index (κ1) is 16.2. The summed E-state index contributed by atoms with van der Waals surface area (Å²) in [4.78, 5) is 0. The smallest absolute Gasteiger partial charge is 0.150 e. The van der Waals surface area contributed by atoms with Crippen LogP contribution in [-0.4, -0.2) is 23.5 Å². The van der Waals surface area contributed by atoms with Crippen molar-refractivity contribution in [2.45, 2.75) is 50.7 Å². The van der Waals surface area contributed by atoms with Crippen molar-refractivity contribution in [3.63, 3.8) is 0 Å². The molecule has 1 fully saturated rings. The number of aromatic nitrogens is 2. The lowest BCUT2D eigenvalue weighted by atomic mass is 9.82. The van der Waals surface area contributed by atoms with E-state index in [9.17, 15) is 5.26 Å². The molecule has 5 nitrogen and oxygen atoms in total. The van der Waals surface area contributed by atoms with Crippen molar-refractivity contribution in [2.75, 3.05) is 13.7 Å². The molecule has 2 aliphatic rings. The molecule has 5 heteroatoms. The molecule has 4 rings (SSSR count). The van der Waals surface area contributed by atoms with E-state index in [0.717, 1.165) is 38.7 Å². The molecule has 25 heavy (non-hydrogen) atoms. The monoisotopic (exact) mass is 337 g/mol. The summed E-state index contributed by atoms with van der Waals surface area (Å²) in [6.07, 6.45) is 8.79. The molecule has 0 radical (unpaired) electrons. The molecule has 1 aromatic carbocycles. The summed E-state index contributed by atoms with van der Waals surface area (Å²) in [6, 6.07) is 8.10. The highest BCUT2D eigenvalue weighted by Gasteiger charge is 2.29. The Balaban J connectivity index is 1.68. The van der Waals surface area contributed by atoms with Crippen LogP contribution in [0, 0.1) is 11.3 Å². The van der Waals surface area contributed by atoms with Gasteiger partial charge in [0.2, 0.25) is 0 Å². The molecule has 1 aliphatic carbocycles. The van der Waals surface area contributed by atoms with Crippen LogP contribution >= 0.6 is 0 Å². The molecular formula is C20H23N3O2. The molecule has 2 atom stereocenters. The average molecular weight is 337 g/mol. The van der Waals surface area contributed by atoms with E-state index in [1.54, 1.807) is 7.11 Å². The van der Waals surface area contributed by atoms with Crippen LogP contribution in [0.15, 0.2) is 24.4 Å². The van der Waals surface area contributed by atoms with Crippen LogP contribution < -0.4 is 4.74 Å². The van der Waals surface area contributed by atoms with Gasteiger partial charge in [-0.15, -0.1) is 0 Å². The van der Waals surface area contributed by atoms with Crippen LogP contribution in [0.2, 0.25) is 0 Å². The second-order valence-corrected chi connectivity index (χ2v) is 6.83. The van der Waals surface area contributed by atoms with Crippen LogP contribution in [-0.2, 0) is 11.2 Å². The molecule has 0 amide bonds. The minimum absolute atomic E-state index is 0.0896. The van der Waals surface area contributed by atoms with Gasteiger partial charge in [-0.05, 0) is 56.2 Å². The Hall–Kier alpha value is -2.32. The lowest BCUT2D eigenvalue weighted by Crippen LogP contribution is -2.22. The van der Waals surface area contributed by atoms with Gasteiger partial charge in [-0.1, -0.05) is 6.07 Å². The number of fused-ring (bicyclic) bond motifs is 1. The number of ether oxygens (including phenoxy) is 2. The van der Waals surface area contributed by atoms with Crippen LogP contribution in [0.25, 0.3) is 0 Å². The number of nitriles is 1. The fourth-order valence-electron chi connectivity index (χ4n) is 4.11. The Morgan fingerprint density at radius 1 is 1.28 bits per heavy atom. The lowest BCUT2D eigenvalue weighted by molar-refractivity contribution is -0.0413. The summed E-state index contributed by atoms with van der Waals surface area (Å²) in [5.74, 6) is 0.956. The fourth-order valence-corrected chi connectivity index (χ4v) is 4.11. The van der Waals surface area contributed by atoms with Crippen LogP contribution in [0.1, 0.15) is 66.6 Å². The largest absolute Gasteiger partial charge is 0.495 e. The summed E-state index contributed by atoms with van der Waals surface area (Å²) < 4.78 is 13.4. The molecule has 0 N–H and O–H groups in total. The SMILES string of the molecule is COc1cc(C2CCCc3c2cnn3C2CCCCO2)ccc1C#N. The molecule has 130 valence electrons. The van der Waals surface area contributed by atoms with Gasteiger partial charge in [-0.2, -0.15) is 10.4 Å². The highest BCUT2D eigenvalue weighted by atomic mass is 16.5. The highest BCUT2D eigenvalue weighted by molar-refractivity contribution is 5.48. The Labute approximate surface area is 148 Å². The summed E-state index contributed by atoms with van der Waals surface area (Å²) in [6.45, 7) is 0.829. The second kappa shape index (κ2) is 6.89. The maximum Gasteiger partial charge on any atom is 0.150 e. The van der Waals surface area contributed by atoms with Crippen molar-refractivity contribution in [3.8, 4) is 11.8 Å². The first-order valence-electron chi connectivity index (χ1n) is 9.07. The van der Waals surface area contributed by atoms with Gasteiger partial charge in [0.05, 0.1) is 18.9 Å². The van der Waals surface area contributed by atoms with Gasteiger partial charge < -0.3 is 9.47 Å². The van der Waals surface area contributed by atoms with Crippen molar-refractivity contribution in [2.24, 2.45) is 0 Å². The zero-order valence-corrected chi connectivity index (χ0v) is 14.6. The topological polar surface area (TPSA) is 60.1 Å². The van der Waals surface area contributed by atoms with Crippen molar-refractivity contribution < 1.29 is 9.47 Å². The summed E-state index contributed by atoms with van der Waals surface area (Å²) >= 11 is 0. The van der Waals surface area contributed by atoms with E-state index in [-0.39, 0.29) is 6.23 Å². The zero-order chi connectivity index (χ0) is 17.2. The lowest BCUT2D eigenvalue weighted by Gasteiger charge is -2.28. The first-order chi connectivity index (χ1) is 12.3. The third-order valence-corrected chi connectivity index (χ3v) is 5.39. The molecule has 0 saturated carbocycles.